The zero-order valence-electron chi connectivity index (χ0n) is 14.5. The highest BCUT2D eigenvalue weighted by molar-refractivity contribution is 5.90. The fourth-order valence-electron chi connectivity index (χ4n) is 3.64. The van der Waals surface area contributed by atoms with Gasteiger partial charge in [0.1, 0.15) is 11.5 Å². The lowest BCUT2D eigenvalue weighted by molar-refractivity contribution is 0.118. The Morgan fingerprint density at radius 1 is 1.27 bits per heavy atom. The molecule has 0 radical (unpaired) electrons. The molecule has 1 atom stereocenters. The SMILES string of the molecule is OC(Cc1cccc(F)c1)CN1CC=C(c2c[nH]c3ncccc23)CC1. The number of β-amino-alcohol motifs (C(OH)–C–C–N with tert-alkyl or cyclic N) is 1. The van der Waals surface area contributed by atoms with Crippen molar-refractivity contribution < 1.29 is 9.50 Å². The molecular formula is C21H22FN3O. The average molecular weight is 351 g/mol. The van der Waals surface area contributed by atoms with Gasteiger partial charge in [0, 0.05) is 43.0 Å². The zero-order chi connectivity index (χ0) is 17.9. The molecule has 2 aromatic heterocycles. The third-order valence-corrected chi connectivity index (χ3v) is 4.92. The van der Waals surface area contributed by atoms with E-state index in [-0.39, 0.29) is 5.82 Å². The van der Waals surface area contributed by atoms with Crippen molar-refractivity contribution >= 4 is 16.6 Å². The third kappa shape index (κ3) is 3.69. The molecule has 2 N–H and O–H groups in total. The number of H-pyrrole nitrogens is 1. The number of rotatable bonds is 5. The molecule has 26 heavy (non-hydrogen) atoms. The molecule has 0 saturated heterocycles. The summed E-state index contributed by atoms with van der Waals surface area (Å²) in [5, 5.41) is 11.5. The Kier molecular flexibility index (Phi) is 4.82. The van der Waals surface area contributed by atoms with Crippen molar-refractivity contribution in [1.82, 2.24) is 14.9 Å². The molecule has 0 bridgehead atoms. The normalized spacial score (nSPS) is 16.6. The summed E-state index contributed by atoms with van der Waals surface area (Å²) < 4.78 is 13.3. The van der Waals surface area contributed by atoms with Gasteiger partial charge in [0.2, 0.25) is 0 Å². The highest BCUT2D eigenvalue weighted by Crippen LogP contribution is 2.28. The van der Waals surface area contributed by atoms with Crippen LogP contribution in [0.5, 0.6) is 0 Å². The molecule has 1 aromatic carbocycles. The number of hydrogen-bond donors (Lipinski definition) is 2. The van der Waals surface area contributed by atoms with Crippen molar-refractivity contribution in [3.8, 4) is 0 Å². The van der Waals surface area contributed by atoms with Crippen LogP contribution in [-0.4, -0.2) is 45.7 Å². The second-order valence-corrected chi connectivity index (χ2v) is 6.83. The van der Waals surface area contributed by atoms with Crippen molar-refractivity contribution in [2.45, 2.75) is 18.9 Å². The number of nitrogens with zero attached hydrogens (tertiary/aromatic N) is 2. The number of hydrogen-bond acceptors (Lipinski definition) is 3. The molecule has 0 aliphatic carbocycles. The minimum Gasteiger partial charge on any atom is -0.391 e. The predicted molar refractivity (Wildman–Crippen MR) is 101 cm³/mol. The molecule has 3 heterocycles. The van der Waals surface area contributed by atoms with Crippen molar-refractivity contribution in [3.63, 3.8) is 0 Å². The molecule has 0 saturated carbocycles. The Bertz CT molecular complexity index is 934. The van der Waals surface area contributed by atoms with Gasteiger partial charge in [-0.25, -0.2) is 9.37 Å². The van der Waals surface area contributed by atoms with Gasteiger partial charge in [-0.3, -0.25) is 4.90 Å². The Morgan fingerprint density at radius 2 is 2.19 bits per heavy atom. The number of fused-ring (bicyclic) bond motifs is 1. The Balaban J connectivity index is 1.38. The molecule has 1 unspecified atom stereocenters. The van der Waals surface area contributed by atoms with Gasteiger partial charge in [0.05, 0.1) is 6.10 Å². The van der Waals surface area contributed by atoms with Gasteiger partial charge in [-0.05, 0) is 48.2 Å². The summed E-state index contributed by atoms with van der Waals surface area (Å²) in [5.74, 6) is -0.256. The van der Waals surface area contributed by atoms with Crippen LogP contribution < -0.4 is 0 Å². The van der Waals surface area contributed by atoms with Gasteiger partial charge in [0.15, 0.2) is 0 Å². The van der Waals surface area contributed by atoms with Crippen molar-refractivity contribution in [2.24, 2.45) is 0 Å². The lowest BCUT2D eigenvalue weighted by atomic mass is 9.99. The minimum atomic E-state index is -0.496. The first-order valence-electron chi connectivity index (χ1n) is 8.95. The highest BCUT2D eigenvalue weighted by Gasteiger charge is 2.18. The first kappa shape index (κ1) is 16.9. The van der Waals surface area contributed by atoms with E-state index in [4.69, 9.17) is 0 Å². The monoisotopic (exact) mass is 351 g/mol. The van der Waals surface area contributed by atoms with E-state index in [1.54, 1.807) is 12.3 Å². The molecule has 5 heteroatoms. The van der Waals surface area contributed by atoms with E-state index in [1.807, 2.05) is 18.3 Å². The Morgan fingerprint density at radius 3 is 3.00 bits per heavy atom. The van der Waals surface area contributed by atoms with Crippen LogP contribution in [0, 0.1) is 5.82 Å². The van der Waals surface area contributed by atoms with Gasteiger partial charge < -0.3 is 10.1 Å². The van der Waals surface area contributed by atoms with E-state index in [1.165, 1.54) is 23.3 Å². The molecule has 3 aromatic rings. The molecule has 134 valence electrons. The maximum absolute atomic E-state index is 13.3. The summed E-state index contributed by atoms with van der Waals surface area (Å²) in [6.07, 6.45) is 6.96. The first-order chi connectivity index (χ1) is 12.7. The number of aromatic amines is 1. The van der Waals surface area contributed by atoms with E-state index in [2.05, 4.69) is 27.0 Å². The molecule has 1 aliphatic heterocycles. The van der Waals surface area contributed by atoms with Crippen molar-refractivity contribution in [1.29, 1.82) is 0 Å². The van der Waals surface area contributed by atoms with E-state index >= 15 is 0 Å². The summed E-state index contributed by atoms with van der Waals surface area (Å²) >= 11 is 0. The summed E-state index contributed by atoms with van der Waals surface area (Å²) in [4.78, 5) is 9.81. The standard InChI is InChI=1S/C21H22FN3O/c22-17-4-1-3-15(11-17)12-18(26)14-25-9-6-16(7-10-25)20-13-24-21-19(20)5-2-8-23-21/h1-6,8,11,13,18,26H,7,9-10,12,14H2,(H,23,24). The van der Waals surface area contributed by atoms with E-state index in [0.29, 0.717) is 13.0 Å². The first-order valence-corrected chi connectivity index (χ1v) is 8.95. The van der Waals surface area contributed by atoms with Crippen LogP contribution in [0.2, 0.25) is 0 Å². The van der Waals surface area contributed by atoms with Gasteiger partial charge in [-0.2, -0.15) is 0 Å². The quantitative estimate of drug-likeness (QED) is 0.741. The predicted octanol–water partition coefficient (Wildman–Crippen LogP) is 3.39. The molecule has 0 fully saturated rings. The van der Waals surface area contributed by atoms with Crippen LogP contribution in [0.15, 0.2) is 54.9 Å². The molecule has 0 spiro atoms. The van der Waals surface area contributed by atoms with E-state index in [9.17, 15) is 9.50 Å². The van der Waals surface area contributed by atoms with Gasteiger partial charge in [-0.15, -0.1) is 0 Å². The molecule has 4 rings (SSSR count). The number of halogens is 1. The number of aromatic nitrogens is 2. The summed E-state index contributed by atoms with van der Waals surface area (Å²) in [6.45, 7) is 2.30. The van der Waals surface area contributed by atoms with Crippen LogP contribution in [0.4, 0.5) is 4.39 Å². The topological polar surface area (TPSA) is 52.1 Å². The van der Waals surface area contributed by atoms with E-state index < -0.39 is 6.10 Å². The van der Waals surface area contributed by atoms with Gasteiger partial charge >= 0.3 is 0 Å². The number of aliphatic hydroxyl groups excluding tert-OH is 1. The third-order valence-electron chi connectivity index (χ3n) is 4.92. The number of nitrogens with one attached hydrogen (secondary N) is 1. The second kappa shape index (κ2) is 7.40. The average Bonchev–Trinajstić information content (AvgIpc) is 3.06. The van der Waals surface area contributed by atoms with Crippen LogP contribution >= 0.6 is 0 Å². The molecule has 0 amide bonds. The van der Waals surface area contributed by atoms with E-state index in [0.717, 1.165) is 36.1 Å². The van der Waals surface area contributed by atoms with Crippen LogP contribution in [0.1, 0.15) is 17.5 Å². The smallest absolute Gasteiger partial charge is 0.137 e. The largest absolute Gasteiger partial charge is 0.391 e. The zero-order valence-corrected chi connectivity index (χ0v) is 14.5. The van der Waals surface area contributed by atoms with Crippen LogP contribution in [0.3, 0.4) is 0 Å². The maximum atomic E-state index is 13.3. The lowest BCUT2D eigenvalue weighted by Crippen LogP contribution is -2.36. The summed E-state index contributed by atoms with van der Waals surface area (Å²) in [7, 11) is 0. The van der Waals surface area contributed by atoms with Crippen molar-refractivity contribution in [3.05, 3.63) is 71.8 Å². The van der Waals surface area contributed by atoms with Crippen molar-refractivity contribution in [2.75, 3.05) is 19.6 Å². The minimum absolute atomic E-state index is 0.256. The van der Waals surface area contributed by atoms with Crippen LogP contribution in [-0.2, 0) is 6.42 Å². The molecule has 1 aliphatic rings. The molecule has 4 nitrogen and oxygen atoms in total. The maximum Gasteiger partial charge on any atom is 0.137 e. The number of benzene rings is 1. The Labute approximate surface area is 152 Å². The summed E-state index contributed by atoms with van der Waals surface area (Å²) in [6, 6.07) is 10.5. The second-order valence-electron chi connectivity index (χ2n) is 6.83. The highest BCUT2D eigenvalue weighted by atomic mass is 19.1. The summed E-state index contributed by atoms with van der Waals surface area (Å²) in [5.41, 5.74) is 4.28. The fraction of sp³-hybridized carbons (Fsp3) is 0.286. The number of aliphatic hydroxyl groups is 1. The van der Waals surface area contributed by atoms with Crippen LogP contribution in [0.25, 0.3) is 16.6 Å². The van der Waals surface area contributed by atoms with Gasteiger partial charge in [0.25, 0.3) is 0 Å². The fourth-order valence-corrected chi connectivity index (χ4v) is 3.64. The molecular weight excluding hydrogens is 329 g/mol. The lowest BCUT2D eigenvalue weighted by Gasteiger charge is -2.28. The Hall–Kier alpha value is -2.50. The number of pyridine rings is 1. The van der Waals surface area contributed by atoms with Gasteiger partial charge in [-0.1, -0.05) is 18.2 Å².